The van der Waals surface area contributed by atoms with Crippen molar-refractivity contribution < 1.29 is 14.0 Å². The molecule has 6 nitrogen and oxygen atoms in total. The van der Waals surface area contributed by atoms with Gasteiger partial charge in [0.1, 0.15) is 5.76 Å². The van der Waals surface area contributed by atoms with Crippen molar-refractivity contribution in [1.29, 1.82) is 0 Å². The molecular formula is C15H23N3O3. The van der Waals surface area contributed by atoms with Crippen LogP contribution in [0.5, 0.6) is 0 Å². The number of rotatable bonds is 4. The van der Waals surface area contributed by atoms with E-state index in [9.17, 15) is 9.59 Å². The van der Waals surface area contributed by atoms with E-state index >= 15 is 0 Å². The molecule has 0 radical (unpaired) electrons. The van der Waals surface area contributed by atoms with Crippen LogP contribution in [0.2, 0.25) is 0 Å². The zero-order chi connectivity index (χ0) is 15.2. The number of imide groups is 1. The van der Waals surface area contributed by atoms with Crippen LogP contribution in [0.3, 0.4) is 0 Å². The van der Waals surface area contributed by atoms with Crippen molar-refractivity contribution in [2.75, 3.05) is 19.6 Å². The lowest BCUT2D eigenvalue weighted by molar-refractivity contribution is -0.121. The van der Waals surface area contributed by atoms with Gasteiger partial charge >= 0.3 is 6.03 Å². The summed E-state index contributed by atoms with van der Waals surface area (Å²) >= 11 is 0. The molecule has 1 aliphatic rings. The van der Waals surface area contributed by atoms with Gasteiger partial charge < -0.3 is 9.73 Å². The fourth-order valence-corrected chi connectivity index (χ4v) is 2.92. The molecule has 1 aromatic rings. The molecule has 6 heteroatoms. The number of urea groups is 1. The van der Waals surface area contributed by atoms with Gasteiger partial charge in [0.05, 0.1) is 19.4 Å². The van der Waals surface area contributed by atoms with E-state index in [4.69, 9.17) is 4.42 Å². The number of carbonyl (C=O) groups is 2. The van der Waals surface area contributed by atoms with Crippen LogP contribution in [0.15, 0.2) is 22.8 Å². The first kappa shape index (κ1) is 15.6. The van der Waals surface area contributed by atoms with Gasteiger partial charge in [-0.25, -0.2) is 4.79 Å². The summed E-state index contributed by atoms with van der Waals surface area (Å²) in [7, 11) is 0. The molecule has 0 saturated carbocycles. The Bertz CT molecular complexity index is 463. The first-order valence-corrected chi connectivity index (χ1v) is 7.35. The van der Waals surface area contributed by atoms with E-state index in [0.29, 0.717) is 17.6 Å². The van der Waals surface area contributed by atoms with Crippen LogP contribution in [0.25, 0.3) is 0 Å². The molecule has 0 spiro atoms. The van der Waals surface area contributed by atoms with E-state index in [1.807, 2.05) is 0 Å². The quantitative estimate of drug-likeness (QED) is 0.884. The van der Waals surface area contributed by atoms with Gasteiger partial charge in [0.2, 0.25) is 5.91 Å². The van der Waals surface area contributed by atoms with Crippen molar-refractivity contribution in [3.8, 4) is 0 Å². The standard InChI is InChI=1S/C15H23N3O3/c1-11-6-12(2)9-18(8-11)10-14(19)17-15(20)16-7-13-4-3-5-21-13/h3-5,11-12H,6-10H2,1-2H3,(H2,16,17,19,20)/t11-,12-/m1/s1. The lowest BCUT2D eigenvalue weighted by atomic mass is 9.92. The van der Waals surface area contributed by atoms with Crippen LogP contribution in [0.1, 0.15) is 26.0 Å². The van der Waals surface area contributed by atoms with Gasteiger partial charge in [-0.2, -0.15) is 0 Å². The molecule has 0 aromatic carbocycles. The lowest BCUT2D eigenvalue weighted by Gasteiger charge is -2.34. The second-order valence-electron chi connectivity index (χ2n) is 5.95. The summed E-state index contributed by atoms with van der Waals surface area (Å²) in [5.74, 6) is 1.56. The van der Waals surface area contributed by atoms with Crippen molar-refractivity contribution >= 4 is 11.9 Å². The summed E-state index contributed by atoms with van der Waals surface area (Å²) in [6, 6.07) is 3.02. The Kier molecular flexibility index (Phi) is 5.38. The number of furan rings is 1. The van der Waals surface area contributed by atoms with Gasteiger partial charge in [-0.1, -0.05) is 13.8 Å². The number of nitrogens with one attached hydrogen (secondary N) is 2. The van der Waals surface area contributed by atoms with E-state index in [1.165, 1.54) is 6.42 Å². The predicted octanol–water partition coefficient (Wildman–Crippen LogP) is 1.58. The molecule has 21 heavy (non-hydrogen) atoms. The molecule has 1 aliphatic heterocycles. The monoisotopic (exact) mass is 293 g/mol. The molecule has 3 amide bonds. The number of amides is 3. The van der Waals surface area contributed by atoms with Crippen molar-refractivity contribution in [3.05, 3.63) is 24.2 Å². The van der Waals surface area contributed by atoms with Crippen LogP contribution in [-0.2, 0) is 11.3 Å². The summed E-state index contributed by atoms with van der Waals surface area (Å²) in [4.78, 5) is 25.6. The highest BCUT2D eigenvalue weighted by molar-refractivity contribution is 5.95. The van der Waals surface area contributed by atoms with E-state index in [2.05, 4.69) is 29.4 Å². The Morgan fingerprint density at radius 2 is 2.05 bits per heavy atom. The number of carbonyl (C=O) groups excluding carboxylic acids is 2. The summed E-state index contributed by atoms with van der Waals surface area (Å²) in [6.07, 6.45) is 2.74. The predicted molar refractivity (Wildman–Crippen MR) is 78.5 cm³/mol. The normalized spacial score (nSPS) is 22.8. The SMILES string of the molecule is C[C@@H]1C[C@@H](C)CN(CC(=O)NC(=O)NCc2ccco2)C1. The fourth-order valence-electron chi connectivity index (χ4n) is 2.92. The van der Waals surface area contributed by atoms with E-state index < -0.39 is 6.03 Å². The fraction of sp³-hybridized carbons (Fsp3) is 0.600. The van der Waals surface area contributed by atoms with Gasteiger partial charge in [-0.05, 0) is 30.4 Å². The molecule has 0 unspecified atom stereocenters. The molecule has 1 aromatic heterocycles. The first-order chi connectivity index (χ1) is 10.0. The number of piperidine rings is 1. The Hall–Kier alpha value is -1.82. The number of hydrogen-bond acceptors (Lipinski definition) is 4. The minimum atomic E-state index is -0.491. The maximum atomic E-state index is 11.9. The number of hydrogen-bond donors (Lipinski definition) is 2. The highest BCUT2D eigenvalue weighted by Gasteiger charge is 2.23. The zero-order valence-electron chi connectivity index (χ0n) is 12.6. The summed E-state index contributed by atoms with van der Waals surface area (Å²) < 4.78 is 5.10. The van der Waals surface area contributed by atoms with Crippen LogP contribution >= 0.6 is 0 Å². The third-order valence-electron chi connectivity index (χ3n) is 3.57. The topological polar surface area (TPSA) is 74.6 Å². The maximum Gasteiger partial charge on any atom is 0.321 e. The van der Waals surface area contributed by atoms with Crippen molar-refractivity contribution in [1.82, 2.24) is 15.5 Å². The Morgan fingerprint density at radius 1 is 1.33 bits per heavy atom. The largest absolute Gasteiger partial charge is 0.467 e. The average molecular weight is 293 g/mol. The van der Waals surface area contributed by atoms with Crippen LogP contribution in [0.4, 0.5) is 4.79 Å². The zero-order valence-corrected chi connectivity index (χ0v) is 12.6. The number of nitrogens with zero attached hydrogens (tertiary/aromatic N) is 1. The molecule has 2 heterocycles. The summed E-state index contributed by atoms with van der Waals surface area (Å²) in [5.41, 5.74) is 0. The van der Waals surface area contributed by atoms with Gasteiger partial charge in [-0.15, -0.1) is 0 Å². The molecule has 2 atom stereocenters. The minimum Gasteiger partial charge on any atom is -0.467 e. The highest BCUT2D eigenvalue weighted by atomic mass is 16.3. The van der Waals surface area contributed by atoms with Crippen molar-refractivity contribution in [2.24, 2.45) is 11.8 Å². The van der Waals surface area contributed by atoms with Crippen LogP contribution < -0.4 is 10.6 Å². The highest BCUT2D eigenvalue weighted by Crippen LogP contribution is 2.20. The van der Waals surface area contributed by atoms with Gasteiger partial charge in [0.15, 0.2) is 0 Å². The second-order valence-corrected chi connectivity index (χ2v) is 5.95. The van der Waals surface area contributed by atoms with Gasteiger partial charge in [0, 0.05) is 13.1 Å². The molecule has 2 rings (SSSR count). The minimum absolute atomic E-state index is 0.267. The molecule has 1 fully saturated rings. The third kappa shape index (κ3) is 5.23. The van der Waals surface area contributed by atoms with Gasteiger partial charge in [-0.3, -0.25) is 15.0 Å². The Labute approximate surface area is 124 Å². The molecule has 0 bridgehead atoms. The third-order valence-corrected chi connectivity index (χ3v) is 3.57. The smallest absolute Gasteiger partial charge is 0.321 e. The molecule has 2 N–H and O–H groups in total. The lowest BCUT2D eigenvalue weighted by Crippen LogP contribution is -2.47. The first-order valence-electron chi connectivity index (χ1n) is 7.35. The van der Waals surface area contributed by atoms with E-state index in [-0.39, 0.29) is 19.0 Å². The molecular weight excluding hydrogens is 270 g/mol. The Morgan fingerprint density at radius 3 is 2.67 bits per heavy atom. The molecule has 1 saturated heterocycles. The van der Waals surface area contributed by atoms with E-state index in [0.717, 1.165) is 13.1 Å². The second kappa shape index (κ2) is 7.26. The number of likely N-dealkylation sites (tertiary alicyclic amines) is 1. The van der Waals surface area contributed by atoms with Gasteiger partial charge in [0.25, 0.3) is 0 Å². The van der Waals surface area contributed by atoms with Crippen LogP contribution in [0, 0.1) is 11.8 Å². The maximum absolute atomic E-state index is 11.9. The summed E-state index contributed by atoms with van der Waals surface area (Å²) in [5, 5.41) is 4.93. The van der Waals surface area contributed by atoms with Crippen LogP contribution in [-0.4, -0.2) is 36.5 Å². The molecule has 0 aliphatic carbocycles. The summed E-state index contributed by atoms with van der Waals surface area (Å²) in [6.45, 7) is 6.73. The van der Waals surface area contributed by atoms with Crippen molar-refractivity contribution in [2.45, 2.75) is 26.8 Å². The average Bonchev–Trinajstić information content (AvgIpc) is 2.87. The Balaban J connectivity index is 1.69. The molecule has 116 valence electrons. The van der Waals surface area contributed by atoms with E-state index in [1.54, 1.807) is 18.4 Å². The van der Waals surface area contributed by atoms with Crippen molar-refractivity contribution in [3.63, 3.8) is 0 Å².